The predicted molar refractivity (Wildman–Crippen MR) is 131 cm³/mol. The van der Waals surface area contributed by atoms with E-state index in [1.54, 1.807) is 30.3 Å². The predicted octanol–water partition coefficient (Wildman–Crippen LogP) is 6.93. The molecule has 0 bridgehead atoms. The summed E-state index contributed by atoms with van der Waals surface area (Å²) in [5, 5.41) is 4.83. The molecule has 0 amide bonds. The van der Waals surface area contributed by atoms with Gasteiger partial charge in [0.15, 0.2) is 0 Å². The SMILES string of the molecule is Cc1ccc(NS(=O)(=O)c2ccc3c(c2)[C@H]2C=CC[C@H]2[C@@H](c2ccc(Cl)cc2Cl)N3)cc1. The number of halogens is 2. The van der Waals surface area contributed by atoms with Crippen LogP contribution in [0.3, 0.4) is 0 Å². The molecule has 0 unspecified atom stereocenters. The van der Waals surface area contributed by atoms with E-state index in [4.69, 9.17) is 23.2 Å². The van der Waals surface area contributed by atoms with Crippen LogP contribution in [0.4, 0.5) is 11.4 Å². The number of aryl methyl sites for hydroxylation is 1. The number of sulfonamides is 1. The summed E-state index contributed by atoms with van der Waals surface area (Å²) in [6.45, 7) is 1.96. The molecule has 4 nitrogen and oxygen atoms in total. The third kappa shape index (κ3) is 3.90. The fraction of sp³-hybridized carbons (Fsp3) is 0.200. The van der Waals surface area contributed by atoms with E-state index < -0.39 is 10.0 Å². The van der Waals surface area contributed by atoms with Gasteiger partial charge in [-0.2, -0.15) is 0 Å². The van der Waals surface area contributed by atoms with Crippen molar-refractivity contribution >= 4 is 44.6 Å². The molecule has 1 aliphatic carbocycles. The molecule has 0 fully saturated rings. The number of rotatable bonds is 4. The number of anilines is 2. The molecule has 2 aliphatic rings. The van der Waals surface area contributed by atoms with Gasteiger partial charge in [0.25, 0.3) is 10.0 Å². The summed E-state index contributed by atoms with van der Waals surface area (Å²) in [5.74, 6) is 0.349. The highest BCUT2D eigenvalue weighted by molar-refractivity contribution is 7.92. The van der Waals surface area contributed by atoms with E-state index in [0.717, 1.165) is 28.8 Å². The summed E-state index contributed by atoms with van der Waals surface area (Å²) < 4.78 is 28.8. The highest BCUT2D eigenvalue weighted by atomic mass is 35.5. The van der Waals surface area contributed by atoms with E-state index >= 15 is 0 Å². The number of allylic oxidation sites excluding steroid dienone is 2. The Morgan fingerprint density at radius 3 is 2.50 bits per heavy atom. The lowest BCUT2D eigenvalue weighted by Gasteiger charge is -2.38. The Morgan fingerprint density at radius 2 is 1.75 bits per heavy atom. The van der Waals surface area contributed by atoms with Crippen LogP contribution in [-0.2, 0) is 10.0 Å². The summed E-state index contributed by atoms with van der Waals surface area (Å²) >= 11 is 12.6. The van der Waals surface area contributed by atoms with Crippen molar-refractivity contribution in [2.45, 2.75) is 30.2 Å². The minimum atomic E-state index is -3.70. The zero-order valence-corrected chi connectivity index (χ0v) is 19.7. The topological polar surface area (TPSA) is 58.2 Å². The molecule has 3 aromatic carbocycles. The number of hydrogen-bond acceptors (Lipinski definition) is 3. The summed E-state index contributed by atoms with van der Waals surface area (Å²) in [4.78, 5) is 0.251. The number of hydrogen-bond donors (Lipinski definition) is 2. The van der Waals surface area contributed by atoms with E-state index in [-0.39, 0.29) is 22.8 Å². The van der Waals surface area contributed by atoms with Crippen LogP contribution >= 0.6 is 23.2 Å². The maximum atomic E-state index is 13.0. The van der Waals surface area contributed by atoms with Crippen molar-refractivity contribution in [3.63, 3.8) is 0 Å². The highest BCUT2D eigenvalue weighted by Gasteiger charge is 2.39. The fourth-order valence-electron chi connectivity index (χ4n) is 4.64. The Hall–Kier alpha value is -2.47. The molecule has 3 atom stereocenters. The van der Waals surface area contributed by atoms with Crippen LogP contribution in [-0.4, -0.2) is 8.42 Å². The van der Waals surface area contributed by atoms with Crippen molar-refractivity contribution in [2.24, 2.45) is 5.92 Å². The standard InChI is InChI=1S/C25H22Cl2N2O2S/c1-15-5-8-17(9-6-15)29-32(30,31)18-10-12-24-22(14-18)19-3-2-4-20(19)25(28-24)21-11-7-16(26)13-23(21)27/h2-3,5-14,19-20,25,28-29H,4H2,1H3/t19-,20+,25-/m0/s1. The Kier molecular flexibility index (Phi) is 5.44. The average Bonchev–Trinajstić information content (AvgIpc) is 3.25. The maximum absolute atomic E-state index is 13.0. The molecule has 2 N–H and O–H groups in total. The van der Waals surface area contributed by atoms with Crippen LogP contribution in [0.1, 0.15) is 35.1 Å². The second kappa shape index (κ2) is 8.14. The third-order valence-corrected chi connectivity index (χ3v) is 8.19. The molecule has 0 aromatic heterocycles. The second-order valence-electron chi connectivity index (χ2n) is 8.36. The average molecular weight is 485 g/mol. The van der Waals surface area contributed by atoms with Crippen LogP contribution in [0, 0.1) is 12.8 Å². The summed E-state index contributed by atoms with van der Waals surface area (Å²) in [7, 11) is -3.70. The van der Waals surface area contributed by atoms with E-state index in [0.29, 0.717) is 15.7 Å². The molecule has 32 heavy (non-hydrogen) atoms. The van der Waals surface area contributed by atoms with Crippen molar-refractivity contribution in [1.82, 2.24) is 0 Å². The first-order chi connectivity index (χ1) is 15.3. The van der Waals surface area contributed by atoms with Crippen LogP contribution in [0.15, 0.2) is 77.7 Å². The van der Waals surface area contributed by atoms with Crippen molar-refractivity contribution in [3.05, 3.63) is 99.6 Å². The molecule has 0 spiro atoms. The zero-order chi connectivity index (χ0) is 22.5. The smallest absolute Gasteiger partial charge is 0.261 e. The Labute approximate surface area is 198 Å². The largest absolute Gasteiger partial charge is 0.378 e. The first kappa shape index (κ1) is 21.4. The van der Waals surface area contributed by atoms with Gasteiger partial charge < -0.3 is 5.32 Å². The molecule has 3 aromatic rings. The lowest BCUT2D eigenvalue weighted by Crippen LogP contribution is -2.29. The zero-order valence-electron chi connectivity index (χ0n) is 17.3. The number of benzene rings is 3. The van der Waals surface area contributed by atoms with Gasteiger partial charge >= 0.3 is 0 Å². The summed E-state index contributed by atoms with van der Waals surface area (Å²) in [5.41, 5.74) is 4.52. The molecular weight excluding hydrogens is 463 g/mol. The van der Waals surface area contributed by atoms with Gasteiger partial charge in [-0.05, 0) is 72.9 Å². The van der Waals surface area contributed by atoms with Gasteiger partial charge in [0.1, 0.15) is 0 Å². The van der Waals surface area contributed by atoms with Crippen molar-refractivity contribution < 1.29 is 8.42 Å². The van der Waals surface area contributed by atoms with Crippen molar-refractivity contribution in [2.75, 3.05) is 10.0 Å². The molecule has 5 rings (SSSR count). The third-order valence-electron chi connectivity index (χ3n) is 6.25. The van der Waals surface area contributed by atoms with Gasteiger partial charge in [0.05, 0.1) is 10.9 Å². The minimum absolute atomic E-state index is 0.0143. The molecule has 0 saturated heterocycles. The Morgan fingerprint density at radius 1 is 0.969 bits per heavy atom. The Bertz CT molecular complexity index is 1320. The first-order valence-corrected chi connectivity index (χ1v) is 12.7. The molecule has 164 valence electrons. The molecule has 0 saturated carbocycles. The van der Waals surface area contributed by atoms with E-state index in [2.05, 4.69) is 22.2 Å². The molecule has 0 radical (unpaired) electrons. The fourth-order valence-corrected chi connectivity index (χ4v) is 6.26. The molecule has 7 heteroatoms. The molecule has 1 heterocycles. The number of fused-ring (bicyclic) bond motifs is 3. The van der Waals surface area contributed by atoms with Crippen LogP contribution < -0.4 is 10.0 Å². The molecule has 1 aliphatic heterocycles. The summed E-state index contributed by atoms with van der Waals surface area (Å²) in [6, 6.07) is 18.2. The molecular formula is C25H22Cl2N2O2S. The second-order valence-corrected chi connectivity index (χ2v) is 10.9. The van der Waals surface area contributed by atoms with Gasteiger partial charge in [-0.15, -0.1) is 0 Å². The highest BCUT2D eigenvalue weighted by Crippen LogP contribution is 2.51. The van der Waals surface area contributed by atoms with Crippen molar-refractivity contribution in [3.8, 4) is 0 Å². The van der Waals surface area contributed by atoms with Crippen molar-refractivity contribution in [1.29, 1.82) is 0 Å². The van der Waals surface area contributed by atoms with E-state index in [9.17, 15) is 8.42 Å². The van der Waals surface area contributed by atoms with Crippen LogP contribution in [0.2, 0.25) is 10.0 Å². The lowest BCUT2D eigenvalue weighted by atomic mass is 9.77. The monoisotopic (exact) mass is 484 g/mol. The lowest BCUT2D eigenvalue weighted by molar-refractivity contribution is 0.425. The van der Waals surface area contributed by atoms with E-state index in [1.165, 1.54) is 0 Å². The quantitative estimate of drug-likeness (QED) is 0.394. The van der Waals surface area contributed by atoms with Gasteiger partial charge in [-0.25, -0.2) is 8.42 Å². The van der Waals surface area contributed by atoms with Crippen LogP contribution in [0.25, 0.3) is 0 Å². The number of nitrogens with one attached hydrogen (secondary N) is 2. The van der Waals surface area contributed by atoms with Gasteiger partial charge in [0, 0.05) is 27.3 Å². The first-order valence-electron chi connectivity index (χ1n) is 10.4. The summed E-state index contributed by atoms with van der Waals surface area (Å²) in [6.07, 6.45) is 5.22. The van der Waals surface area contributed by atoms with Crippen LogP contribution in [0.5, 0.6) is 0 Å². The van der Waals surface area contributed by atoms with Gasteiger partial charge in [-0.1, -0.05) is 59.1 Å². The minimum Gasteiger partial charge on any atom is -0.378 e. The normalized spacial score (nSPS) is 21.5. The van der Waals surface area contributed by atoms with E-state index in [1.807, 2.05) is 37.3 Å². The maximum Gasteiger partial charge on any atom is 0.261 e. The Balaban J connectivity index is 1.49. The van der Waals surface area contributed by atoms with Gasteiger partial charge in [-0.3, -0.25) is 4.72 Å². The van der Waals surface area contributed by atoms with Gasteiger partial charge in [0.2, 0.25) is 0 Å².